The van der Waals surface area contributed by atoms with Crippen molar-refractivity contribution in [2.24, 2.45) is 0 Å². The smallest absolute Gasteiger partial charge is 0.251 e. The highest BCUT2D eigenvalue weighted by molar-refractivity contribution is 8.02. The Morgan fingerprint density at radius 2 is 2.00 bits per heavy atom. The monoisotopic (exact) mass is 255 g/mol. The van der Waals surface area contributed by atoms with E-state index in [9.17, 15) is 4.79 Å². The molecule has 90 valence electrons. The summed E-state index contributed by atoms with van der Waals surface area (Å²) in [6.45, 7) is 0. The van der Waals surface area contributed by atoms with Crippen LogP contribution in [-0.4, -0.2) is 17.7 Å². The maximum Gasteiger partial charge on any atom is 0.251 e. The van der Waals surface area contributed by atoms with Gasteiger partial charge in [-0.05, 0) is 28.3 Å². The minimum atomic E-state index is -0.00194. The van der Waals surface area contributed by atoms with Crippen LogP contribution < -0.4 is 5.32 Å². The second-order valence-electron chi connectivity index (χ2n) is 4.30. The van der Waals surface area contributed by atoms with E-state index in [0.29, 0.717) is 0 Å². The predicted molar refractivity (Wildman–Crippen MR) is 76.8 cm³/mol. The van der Waals surface area contributed by atoms with Gasteiger partial charge in [0.2, 0.25) is 0 Å². The summed E-state index contributed by atoms with van der Waals surface area (Å²) >= 11 is 1.73. The largest absolute Gasteiger partial charge is 0.345 e. The topological polar surface area (TPSA) is 29.1 Å². The fourth-order valence-corrected chi connectivity index (χ4v) is 2.85. The Hall–Kier alpha value is -1.74. The van der Waals surface area contributed by atoms with Gasteiger partial charge in [0.1, 0.15) is 0 Å². The average molecular weight is 255 g/mol. The number of carbonyl (C=O) groups excluding carboxylic acids is 1. The highest BCUT2D eigenvalue weighted by Gasteiger charge is 2.14. The Balaban J connectivity index is 1.84. The maximum absolute atomic E-state index is 12.1. The zero-order valence-corrected chi connectivity index (χ0v) is 10.6. The van der Waals surface area contributed by atoms with Gasteiger partial charge in [0.05, 0.1) is 6.04 Å². The summed E-state index contributed by atoms with van der Waals surface area (Å²) in [5.74, 6) is 0.928. The Bertz CT molecular complexity index is 621. The number of thioether (sulfide) groups is 1. The molecule has 0 bridgehead atoms. The molecule has 2 nitrogen and oxygen atoms in total. The summed E-state index contributed by atoms with van der Waals surface area (Å²) in [5.41, 5.74) is 0.721. The lowest BCUT2D eigenvalue weighted by molar-refractivity contribution is 0.0948. The van der Waals surface area contributed by atoms with Crippen molar-refractivity contribution in [3.05, 3.63) is 59.5 Å². The molecular weight excluding hydrogens is 242 g/mol. The zero-order valence-electron chi connectivity index (χ0n) is 9.80. The predicted octanol–water partition coefficient (Wildman–Crippen LogP) is 3.20. The van der Waals surface area contributed by atoms with E-state index < -0.39 is 0 Å². The van der Waals surface area contributed by atoms with Crippen LogP contribution in [0.3, 0.4) is 0 Å². The van der Waals surface area contributed by atoms with Gasteiger partial charge in [-0.2, -0.15) is 0 Å². The number of fused-ring (bicyclic) bond motifs is 1. The first-order chi connectivity index (χ1) is 8.83. The van der Waals surface area contributed by atoms with Crippen molar-refractivity contribution in [2.45, 2.75) is 6.04 Å². The third kappa shape index (κ3) is 2.27. The van der Waals surface area contributed by atoms with Crippen LogP contribution >= 0.6 is 11.8 Å². The van der Waals surface area contributed by atoms with Gasteiger partial charge in [0.25, 0.3) is 5.91 Å². The summed E-state index contributed by atoms with van der Waals surface area (Å²) < 4.78 is 0. The van der Waals surface area contributed by atoms with Crippen molar-refractivity contribution in [1.82, 2.24) is 5.32 Å². The van der Waals surface area contributed by atoms with Gasteiger partial charge in [0.15, 0.2) is 0 Å². The number of nitrogens with one attached hydrogen (secondary N) is 1. The first-order valence-electron chi connectivity index (χ1n) is 5.91. The number of hydrogen-bond donors (Lipinski definition) is 1. The summed E-state index contributed by atoms with van der Waals surface area (Å²) in [4.78, 5) is 12.1. The Morgan fingerprint density at radius 1 is 1.17 bits per heavy atom. The number of amides is 1. The summed E-state index contributed by atoms with van der Waals surface area (Å²) in [6, 6.07) is 14.0. The van der Waals surface area contributed by atoms with Gasteiger partial charge in [-0.25, -0.2) is 0 Å². The number of hydrogen-bond acceptors (Lipinski definition) is 2. The molecule has 2 aromatic rings. The van der Waals surface area contributed by atoms with E-state index in [4.69, 9.17) is 0 Å². The normalized spacial score (nSPS) is 18.1. The molecule has 0 radical (unpaired) electrons. The highest BCUT2D eigenvalue weighted by Crippen LogP contribution is 2.17. The lowest BCUT2D eigenvalue weighted by atomic mass is 10.1. The number of carbonyl (C=O) groups is 1. The molecule has 1 aliphatic heterocycles. The van der Waals surface area contributed by atoms with Gasteiger partial charge in [-0.15, -0.1) is 11.8 Å². The molecule has 18 heavy (non-hydrogen) atoms. The maximum atomic E-state index is 12.1. The Kier molecular flexibility index (Phi) is 3.07. The van der Waals surface area contributed by atoms with Crippen LogP contribution in [0.15, 0.2) is 53.9 Å². The summed E-state index contributed by atoms with van der Waals surface area (Å²) in [5, 5.41) is 7.30. The van der Waals surface area contributed by atoms with E-state index in [0.717, 1.165) is 22.1 Å². The third-order valence-electron chi connectivity index (χ3n) is 3.01. The summed E-state index contributed by atoms with van der Waals surface area (Å²) in [7, 11) is 0. The van der Waals surface area contributed by atoms with Crippen molar-refractivity contribution < 1.29 is 4.79 Å². The van der Waals surface area contributed by atoms with Crippen molar-refractivity contribution in [3.63, 3.8) is 0 Å². The molecule has 1 heterocycles. The zero-order chi connectivity index (χ0) is 12.4. The summed E-state index contributed by atoms with van der Waals surface area (Å²) in [6.07, 6.45) is 2.03. The highest BCUT2D eigenvalue weighted by atomic mass is 32.2. The van der Waals surface area contributed by atoms with Crippen LogP contribution in [-0.2, 0) is 0 Å². The van der Waals surface area contributed by atoms with E-state index in [1.807, 2.05) is 53.9 Å². The Morgan fingerprint density at radius 3 is 2.78 bits per heavy atom. The molecule has 0 fully saturated rings. The van der Waals surface area contributed by atoms with Crippen LogP contribution in [0.25, 0.3) is 10.8 Å². The molecule has 3 heteroatoms. The minimum Gasteiger partial charge on any atom is -0.345 e. The molecule has 1 amide bonds. The van der Waals surface area contributed by atoms with Gasteiger partial charge in [0, 0.05) is 11.3 Å². The molecular formula is C15H13NOS. The van der Waals surface area contributed by atoms with Gasteiger partial charge >= 0.3 is 0 Å². The minimum absolute atomic E-state index is 0.00194. The lowest BCUT2D eigenvalue weighted by Gasteiger charge is -2.10. The second-order valence-corrected chi connectivity index (χ2v) is 5.24. The van der Waals surface area contributed by atoms with E-state index in [-0.39, 0.29) is 11.9 Å². The number of rotatable bonds is 2. The van der Waals surface area contributed by atoms with Crippen LogP contribution in [0.5, 0.6) is 0 Å². The fourth-order valence-electron chi connectivity index (χ4n) is 2.04. The van der Waals surface area contributed by atoms with E-state index in [1.54, 1.807) is 11.8 Å². The molecule has 1 atom stereocenters. The third-order valence-corrected chi connectivity index (χ3v) is 3.91. The standard InChI is InChI=1S/C15H13NOS/c17-15(16-14-7-8-18-10-14)13-6-5-11-3-1-2-4-12(11)9-13/h1-9,14H,10H2,(H,16,17). The van der Waals surface area contributed by atoms with Crippen molar-refractivity contribution in [2.75, 3.05) is 5.75 Å². The molecule has 0 aromatic heterocycles. The average Bonchev–Trinajstić information content (AvgIpc) is 2.91. The van der Waals surface area contributed by atoms with Gasteiger partial charge in [-0.3, -0.25) is 4.79 Å². The molecule has 1 unspecified atom stereocenters. The van der Waals surface area contributed by atoms with Gasteiger partial charge < -0.3 is 5.32 Å². The lowest BCUT2D eigenvalue weighted by Crippen LogP contribution is -2.33. The molecule has 0 spiro atoms. The molecule has 0 saturated carbocycles. The van der Waals surface area contributed by atoms with Crippen molar-refractivity contribution in [1.29, 1.82) is 0 Å². The fraction of sp³-hybridized carbons (Fsp3) is 0.133. The molecule has 0 saturated heterocycles. The van der Waals surface area contributed by atoms with E-state index >= 15 is 0 Å². The van der Waals surface area contributed by atoms with Crippen LogP contribution in [0.4, 0.5) is 0 Å². The Labute approximate surface area is 110 Å². The SMILES string of the molecule is O=C(NC1C=CSC1)c1ccc2ccccc2c1. The second kappa shape index (κ2) is 4.86. The van der Waals surface area contributed by atoms with Crippen LogP contribution in [0.1, 0.15) is 10.4 Å². The van der Waals surface area contributed by atoms with Crippen molar-refractivity contribution >= 4 is 28.4 Å². The molecule has 1 aliphatic rings. The van der Waals surface area contributed by atoms with Crippen molar-refractivity contribution in [3.8, 4) is 0 Å². The quantitative estimate of drug-likeness (QED) is 0.893. The molecule has 2 aromatic carbocycles. The van der Waals surface area contributed by atoms with E-state index in [1.165, 1.54) is 0 Å². The van der Waals surface area contributed by atoms with Gasteiger partial charge in [-0.1, -0.05) is 36.4 Å². The molecule has 0 aliphatic carbocycles. The van der Waals surface area contributed by atoms with Crippen LogP contribution in [0, 0.1) is 0 Å². The molecule has 3 rings (SSSR count). The van der Waals surface area contributed by atoms with E-state index in [2.05, 4.69) is 5.32 Å². The number of benzene rings is 2. The van der Waals surface area contributed by atoms with Crippen LogP contribution in [0.2, 0.25) is 0 Å². The molecule has 1 N–H and O–H groups in total. The first-order valence-corrected chi connectivity index (χ1v) is 6.96. The first kappa shape index (κ1) is 11.4.